The van der Waals surface area contributed by atoms with Crippen molar-refractivity contribution in [1.82, 2.24) is 0 Å². The minimum Gasteiger partial charge on any atom is -0.389 e. The Hall–Kier alpha value is -0.540. The van der Waals surface area contributed by atoms with E-state index in [1.807, 2.05) is 6.07 Å². The monoisotopic (exact) mass is 311 g/mol. The quantitative estimate of drug-likeness (QED) is 0.893. The van der Waals surface area contributed by atoms with Gasteiger partial charge in [-0.2, -0.15) is 0 Å². The van der Waals surface area contributed by atoms with Crippen molar-refractivity contribution >= 4 is 21.6 Å². The van der Waals surface area contributed by atoms with Gasteiger partial charge in [-0.05, 0) is 42.9 Å². The summed E-state index contributed by atoms with van der Waals surface area (Å²) in [6.07, 6.45) is 0.838. The molecule has 2 unspecified atom stereocenters. The highest BCUT2D eigenvalue weighted by molar-refractivity contribution is 9.10. The molecule has 1 aliphatic rings. The van der Waals surface area contributed by atoms with Crippen molar-refractivity contribution in [1.29, 1.82) is 0 Å². The van der Waals surface area contributed by atoms with Gasteiger partial charge in [0.2, 0.25) is 0 Å². The third kappa shape index (κ3) is 2.89. The van der Waals surface area contributed by atoms with Crippen LogP contribution in [0.3, 0.4) is 0 Å². The van der Waals surface area contributed by atoms with Crippen molar-refractivity contribution < 1.29 is 5.11 Å². The zero-order chi connectivity index (χ0) is 13.3. The predicted octanol–water partition coefficient (Wildman–Crippen LogP) is 3.98. The van der Waals surface area contributed by atoms with Gasteiger partial charge in [0, 0.05) is 23.2 Å². The number of anilines is 1. The van der Waals surface area contributed by atoms with Crippen LogP contribution in [0.5, 0.6) is 0 Å². The zero-order valence-corrected chi connectivity index (χ0v) is 12.9. The van der Waals surface area contributed by atoms with Gasteiger partial charge in [0.1, 0.15) is 0 Å². The first kappa shape index (κ1) is 13.9. The van der Waals surface area contributed by atoms with E-state index in [4.69, 9.17) is 0 Å². The van der Waals surface area contributed by atoms with Crippen molar-refractivity contribution in [3.05, 3.63) is 28.2 Å². The van der Waals surface area contributed by atoms with Gasteiger partial charge in [-0.1, -0.05) is 35.8 Å². The zero-order valence-electron chi connectivity index (χ0n) is 11.4. The number of benzene rings is 1. The fourth-order valence-corrected chi connectivity index (χ4v) is 3.25. The Morgan fingerprint density at radius 3 is 2.61 bits per heavy atom. The van der Waals surface area contributed by atoms with E-state index in [0.29, 0.717) is 0 Å². The molecule has 1 aromatic rings. The van der Waals surface area contributed by atoms with Crippen LogP contribution in [-0.4, -0.2) is 18.2 Å². The van der Waals surface area contributed by atoms with Crippen molar-refractivity contribution in [2.24, 2.45) is 11.8 Å². The number of halogens is 1. The molecule has 0 amide bonds. The number of aliphatic hydroxyl groups is 1. The Labute approximate surface area is 118 Å². The molecule has 0 radical (unpaired) electrons. The Morgan fingerprint density at radius 1 is 1.33 bits per heavy atom. The summed E-state index contributed by atoms with van der Waals surface area (Å²) >= 11 is 3.55. The van der Waals surface area contributed by atoms with Crippen LogP contribution in [0.25, 0.3) is 0 Å². The predicted molar refractivity (Wildman–Crippen MR) is 79.9 cm³/mol. The minimum atomic E-state index is -0.422. The molecule has 0 spiro atoms. The molecule has 1 saturated heterocycles. The van der Waals surface area contributed by atoms with Gasteiger partial charge in [-0.15, -0.1) is 0 Å². The van der Waals surface area contributed by atoms with Gasteiger partial charge in [-0.3, -0.25) is 0 Å². The maximum Gasteiger partial charge on any atom is 0.0772 e. The summed E-state index contributed by atoms with van der Waals surface area (Å²) in [7, 11) is 0. The molecule has 2 rings (SSSR count). The lowest BCUT2D eigenvalue weighted by molar-refractivity contribution is 0.198. The van der Waals surface area contributed by atoms with E-state index in [2.05, 4.69) is 46.8 Å². The fourth-order valence-electron chi connectivity index (χ4n) is 2.55. The van der Waals surface area contributed by atoms with E-state index in [1.165, 1.54) is 12.1 Å². The maximum absolute atomic E-state index is 9.64. The molecule has 0 bridgehead atoms. The smallest absolute Gasteiger partial charge is 0.0772 e. The first-order chi connectivity index (χ1) is 8.49. The summed E-state index contributed by atoms with van der Waals surface area (Å²) in [6, 6.07) is 6.27. The summed E-state index contributed by atoms with van der Waals surface area (Å²) in [5.74, 6) is 1.57. The van der Waals surface area contributed by atoms with Crippen molar-refractivity contribution in [2.45, 2.75) is 33.3 Å². The second-order valence-electron chi connectivity index (χ2n) is 5.57. The Morgan fingerprint density at radius 2 is 2.06 bits per heavy atom. The third-order valence-corrected chi connectivity index (χ3v) is 4.82. The highest BCUT2D eigenvalue weighted by atomic mass is 79.9. The number of rotatable bonds is 2. The van der Waals surface area contributed by atoms with Gasteiger partial charge < -0.3 is 10.0 Å². The van der Waals surface area contributed by atoms with Crippen LogP contribution in [0, 0.1) is 11.8 Å². The third-order valence-electron chi connectivity index (χ3n) is 4.13. The topological polar surface area (TPSA) is 23.5 Å². The van der Waals surface area contributed by atoms with E-state index >= 15 is 0 Å². The second kappa shape index (κ2) is 5.62. The molecule has 1 aliphatic heterocycles. The molecule has 1 aromatic carbocycles. The van der Waals surface area contributed by atoms with Crippen LogP contribution in [0.4, 0.5) is 5.69 Å². The molecule has 18 heavy (non-hydrogen) atoms. The molecule has 0 aromatic heterocycles. The number of piperidine rings is 1. The number of hydrogen-bond donors (Lipinski definition) is 1. The summed E-state index contributed by atoms with van der Waals surface area (Å²) in [6.45, 7) is 8.72. The summed E-state index contributed by atoms with van der Waals surface area (Å²) in [5.41, 5.74) is 2.21. The molecular weight excluding hydrogens is 290 g/mol. The summed E-state index contributed by atoms with van der Waals surface area (Å²) in [5, 5.41) is 9.64. The average molecular weight is 312 g/mol. The van der Waals surface area contributed by atoms with Crippen molar-refractivity contribution in [3.8, 4) is 0 Å². The highest BCUT2D eigenvalue weighted by Gasteiger charge is 2.23. The van der Waals surface area contributed by atoms with E-state index in [9.17, 15) is 5.11 Å². The van der Waals surface area contributed by atoms with Gasteiger partial charge in [0.25, 0.3) is 0 Å². The van der Waals surface area contributed by atoms with Crippen LogP contribution in [0.15, 0.2) is 22.7 Å². The molecule has 3 atom stereocenters. The van der Waals surface area contributed by atoms with Crippen LogP contribution < -0.4 is 4.90 Å². The van der Waals surface area contributed by atoms with Gasteiger partial charge in [0.05, 0.1) is 6.10 Å². The molecule has 1 heterocycles. The Balaban J connectivity index is 2.17. The van der Waals surface area contributed by atoms with Crippen LogP contribution in [0.1, 0.15) is 38.9 Å². The van der Waals surface area contributed by atoms with E-state index in [0.717, 1.165) is 35.0 Å². The molecular formula is C15H22BrNO. The SMILES string of the molecule is CC1CCN(c2ccc([C@H](C)O)c(Br)c2)CC1C. The van der Waals surface area contributed by atoms with Crippen LogP contribution in [0.2, 0.25) is 0 Å². The first-order valence-corrected chi connectivity index (χ1v) is 7.50. The number of aliphatic hydroxyl groups excluding tert-OH is 1. The summed E-state index contributed by atoms with van der Waals surface area (Å²) < 4.78 is 1.00. The lowest BCUT2D eigenvalue weighted by atomic mass is 9.88. The van der Waals surface area contributed by atoms with E-state index < -0.39 is 6.10 Å². The Bertz CT molecular complexity index is 419. The van der Waals surface area contributed by atoms with Crippen molar-refractivity contribution in [2.75, 3.05) is 18.0 Å². The molecule has 2 nitrogen and oxygen atoms in total. The van der Waals surface area contributed by atoms with Crippen LogP contribution >= 0.6 is 15.9 Å². The van der Waals surface area contributed by atoms with Gasteiger partial charge in [-0.25, -0.2) is 0 Å². The molecule has 1 N–H and O–H groups in total. The number of hydrogen-bond acceptors (Lipinski definition) is 2. The summed E-state index contributed by atoms with van der Waals surface area (Å²) in [4.78, 5) is 2.45. The minimum absolute atomic E-state index is 0.422. The lowest BCUT2D eigenvalue weighted by Gasteiger charge is -2.37. The lowest BCUT2D eigenvalue weighted by Crippen LogP contribution is -2.38. The Kier molecular flexibility index (Phi) is 4.33. The second-order valence-corrected chi connectivity index (χ2v) is 6.43. The van der Waals surface area contributed by atoms with Gasteiger partial charge in [0.15, 0.2) is 0 Å². The van der Waals surface area contributed by atoms with Crippen LogP contribution in [-0.2, 0) is 0 Å². The molecule has 3 heteroatoms. The standard InChI is InChI=1S/C15H22BrNO/c1-10-6-7-17(9-11(10)2)13-4-5-14(12(3)18)15(16)8-13/h4-5,8,10-12,18H,6-7,9H2,1-3H3/t10?,11?,12-/m0/s1. The van der Waals surface area contributed by atoms with E-state index in [-0.39, 0.29) is 0 Å². The molecule has 0 aliphatic carbocycles. The highest BCUT2D eigenvalue weighted by Crippen LogP contribution is 2.31. The first-order valence-electron chi connectivity index (χ1n) is 6.71. The molecule has 1 fully saturated rings. The van der Waals surface area contributed by atoms with Gasteiger partial charge >= 0.3 is 0 Å². The fraction of sp³-hybridized carbons (Fsp3) is 0.600. The largest absolute Gasteiger partial charge is 0.389 e. The average Bonchev–Trinajstić information content (AvgIpc) is 2.32. The van der Waals surface area contributed by atoms with Crippen molar-refractivity contribution in [3.63, 3.8) is 0 Å². The number of nitrogens with zero attached hydrogens (tertiary/aromatic N) is 1. The normalized spacial score (nSPS) is 26.2. The molecule has 0 saturated carbocycles. The van der Waals surface area contributed by atoms with E-state index in [1.54, 1.807) is 6.92 Å². The maximum atomic E-state index is 9.64. The molecule has 100 valence electrons.